The summed E-state index contributed by atoms with van der Waals surface area (Å²) < 4.78 is 35.1. The van der Waals surface area contributed by atoms with Crippen LogP contribution < -0.4 is 15.1 Å². The number of para-hydroxylation sites is 1. The average Bonchev–Trinajstić information content (AvgIpc) is 2.88. The van der Waals surface area contributed by atoms with Crippen LogP contribution in [0.5, 0.6) is 5.75 Å². The highest BCUT2D eigenvalue weighted by Gasteiger charge is 2.30. The van der Waals surface area contributed by atoms with Crippen molar-refractivity contribution < 1.29 is 23.4 Å². The van der Waals surface area contributed by atoms with Crippen molar-refractivity contribution in [2.45, 2.75) is 13.0 Å². The van der Waals surface area contributed by atoms with E-state index in [2.05, 4.69) is 9.88 Å². The van der Waals surface area contributed by atoms with Gasteiger partial charge in [0.05, 0.1) is 22.5 Å². The van der Waals surface area contributed by atoms with Gasteiger partial charge in [0.15, 0.2) is 11.6 Å². The fraction of sp³-hybridized carbons (Fsp3) is 0.296. The molecule has 192 valence electrons. The monoisotopic (exact) mass is 508 g/mol. The number of ether oxygens (including phenoxy) is 1. The van der Waals surface area contributed by atoms with Gasteiger partial charge in [-0.25, -0.2) is 14.2 Å². The zero-order chi connectivity index (χ0) is 26.3. The molecule has 0 spiro atoms. The first kappa shape index (κ1) is 24.6. The van der Waals surface area contributed by atoms with Gasteiger partial charge in [0.2, 0.25) is 11.4 Å². The Hall–Kier alpha value is -4.05. The standard InChI is InChI=1S/C18H20FN3O4.C9H6FN/c1-10-9-26-17-14-11(16(23)12(18(24)25)8-22(10)14)7-13(19)15(17)21-5-3-20(2)4-6-21;10-9-6-5-7-3-1-2-4-8(7)11-9/h7-8,10H,3-6,9H2,1-2H3,(H,24,25);1-6H. The predicted molar refractivity (Wildman–Crippen MR) is 137 cm³/mol. The van der Waals surface area contributed by atoms with Gasteiger partial charge in [-0.1, -0.05) is 18.2 Å². The number of likely N-dealkylation sites (N-methyl/N-ethyl adjacent to an activating group) is 1. The minimum Gasteiger partial charge on any atom is -0.487 e. The molecule has 2 aromatic carbocycles. The number of halogens is 2. The highest BCUT2D eigenvalue weighted by atomic mass is 19.1. The van der Waals surface area contributed by atoms with Crippen LogP contribution in [0.1, 0.15) is 23.3 Å². The largest absolute Gasteiger partial charge is 0.487 e. The van der Waals surface area contributed by atoms with Crippen LogP contribution in [0.25, 0.3) is 21.8 Å². The number of carbonyl (C=O) groups is 1. The molecule has 2 aliphatic rings. The highest BCUT2D eigenvalue weighted by molar-refractivity contribution is 5.97. The predicted octanol–water partition coefficient (Wildman–Crippen LogP) is 3.92. The van der Waals surface area contributed by atoms with Crippen molar-refractivity contribution >= 4 is 33.5 Å². The number of anilines is 1. The van der Waals surface area contributed by atoms with Crippen molar-refractivity contribution in [2.24, 2.45) is 0 Å². The van der Waals surface area contributed by atoms with Crippen LogP contribution in [0.3, 0.4) is 0 Å². The van der Waals surface area contributed by atoms with Gasteiger partial charge in [0, 0.05) is 37.8 Å². The molecule has 6 rings (SSSR count). The zero-order valence-electron chi connectivity index (χ0n) is 20.4. The smallest absolute Gasteiger partial charge is 0.341 e. The summed E-state index contributed by atoms with van der Waals surface area (Å²) in [7, 11) is 2.02. The number of hydrogen-bond donors (Lipinski definition) is 1. The molecular weight excluding hydrogens is 482 g/mol. The van der Waals surface area contributed by atoms with Gasteiger partial charge < -0.3 is 24.2 Å². The molecule has 37 heavy (non-hydrogen) atoms. The highest BCUT2D eigenvalue weighted by Crippen LogP contribution is 2.42. The summed E-state index contributed by atoms with van der Waals surface area (Å²) >= 11 is 0. The number of fused-ring (bicyclic) bond motifs is 1. The maximum atomic E-state index is 15.0. The maximum Gasteiger partial charge on any atom is 0.341 e. The lowest BCUT2D eigenvalue weighted by molar-refractivity contribution is 0.0694. The number of benzene rings is 2. The first-order chi connectivity index (χ1) is 17.7. The second-order valence-electron chi connectivity index (χ2n) is 9.29. The molecule has 1 atom stereocenters. The number of piperazine rings is 1. The molecule has 4 aromatic rings. The van der Waals surface area contributed by atoms with Crippen LogP contribution in [-0.2, 0) is 0 Å². The normalized spacial score (nSPS) is 17.3. The zero-order valence-corrected chi connectivity index (χ0v) is 20.4. The Morgan fingerprint density at radius 2 is 1.84 bits per heavy atom. The lowest BCUT2D eigenvalue weighted by Crippen LogP contribution is -2.45. The Bertz CT molecular complexity index is 1560. The lowest BCUT2D eigenvalue weighted by atomic mass is 10.1. The van der Waals surface area contributed by atoms with Crippen LogP contribution >= 0.6 is 0 Å². The van der Waals surface area contributed by atoms with Crippen molar-refractivity contribution in [3.63, 3.8) is 0 Å². The Kier molecular flexibility index (Phi) is 6.51. The molecule has 0 saturated carbocycles. The van der Waals surface area contributed by atoms with E-state index in [9.17, 15) is 23.5 Å². The van der Waals surface area contributed by atoms with Crippen LogP contribution in [0.2, 0.25) is 0 Å². The maximum absolute atomic E-state index is 15.0. The fourth-order valence-corrected chi connectivity index (χ4v) is 4.73. The van der Waals surface area contributed by atoms with Crippen LogP contribution in [0, 0.1) is 11.8 Å². The third kappa shape index (κ3) is 4.60. The van der Waals surface area contributed by atoms with E-state index in [4.69, 9.17) is 4.74 Å². The van der Waals surface area contributed by atoms with Gasteiger partial charge in [0.25, 0.3) is 0 Å². The fourth-order valence-electron chi connectivity index (χ4n) is 4.73. The Morgan fingerprint density at radius 1 is 1.11 bits per heavy atom. The van der Waals surface area contributed by atoms with E-state index in [-0.39, 0.29) is 23.6 Å². The minimum atomic E-state index is -1.32. The second-order valence-corrected chi connectivity index (χ2v) is 9.29. The van der Waals surface area contributed by atoms with Gasteiger partial charge in [-0.3, -0.25) is 4.79 Å². The van der Waals surface area contributed by atoms with Gasteiger partial charge in [0.1, 0.15) is 17.9 Å². The summed E-state index contributed by atoms with van der Waals surface area (Å²) in [5.41, 5.74) is 0.478. The van der Waals surface area contributed by atoms with E-state index < -0.39 is 23.2 Å². The number of nitrogens with zero attached hydrogens (tertiary/aromatic N) is 4. The number of hydrogen-bond acceptors (Lipinski definition) is 6. The summed E-state index contributed by atoms with van der Waals surface area (Å²) in [6, 6.07) is 11.5. The summed E-state index contributed by atoms with van der Waals surface area (Å²) in [4.78, 5) is 31.8. The first-order valence-corrected chi connectivity index (χ1v) is 12.0. The van der Waals surface area contributed by atoms with E-state index in [1.807, 2.05) is 37.1 Å². The molecule has 1 unspecified atom stereocenters. The van der Waals surface area contributed by atoms with E-state index in [1.165, 1.54) is 12.3 Å². The van der Waals surface area contributed by atoms with Crippen molar-refractivity contribution in [2.75, 3.05) is 44.7 Å². The Morgan fingerprint density at radius 3 is 2.57 bits per heavy atom. The van der Waals surface area contributed by atoms with Gasteiger partial charge in [-0.2, -0.15) is 4.39 Å². The molecule has 1 fully saturated rings. The average molecular weight is 509 g/mol. The molecular formula is C27H26F2N4O4. The van der Waals surface area contributed by atoms with Gasteiger partial charge in [-0.05, 0) is 38.2 Å². The minimum absolute atomic E-state index is 0.0434. The van der Waals surface area contributed by atoms with E-state index >= 15 is 0 Å². The topological polar surface area (TPSA) is 87.9 Å². The number of aromatic carboxylic acids is 1. The molecule has 2 aliphatic heterocycles. The Labute approximate surface area is 211 Å². The summed E-state index contributed by atoms with van der Waals surface area (Å²) in [6.45, 7) is 5.08. The SMILES string of the molecule is CC1COc2c(N3CCN(C)CC3)c(F)cc3c(=O)c(C(=O)O)cn1c23.Fc1ccc2ccccc2n1. The van der Waals surface area contributed by atoms with Gasteiger partial charge in [-0.15, -0.1) is 0 Å². The van der Waals surface area contributed by atoms with Gasteiger partial charge >= 0.3 is 5.97 Å². The summed E-state index contributed by atoms with van der Waals surface area (Å²) in [6.07, 6.45) is 1.34. The number of carboxylic acids is 1. The van der Waals surface area contributed by atoms with Crippen molar-refractivity contribution in [1.29, 1.82) is 0 Å². The van der Waals surface area contributed by atoms with Crippen molar-refractivity contribution in [1.82, 2.24) is 14.5 Å². The second kappa shape index (κ2) is 9.78. The molecule has 0 radical (unpaired) electrons. The number of carboxylic acid groups (broad SMARTS) is 1. The number of pyridine rings is 2. The number of rotatable bonds is 2. The van der Waals surface area contributed by atoms with Crippen molar-refractivity contribution in [3.8, 4) is 5.75 Å². The third-order valence-electron chi connectivity index (χ3n) is 6.76. The third-order valence-corrected chi connectivity index (χ3v) is 6.76. The molecule has 0 aliphatic carbocycles. The molecule has 4 heterocycles. The molecule has 0 amide bonds. The summed E-state index contributed by atoms with van der Waals surface area (Å²) in [5, 5.41) is 10.3. The molecule has 1 saturated heterocycles. The molecule has 0 bridgehead atoms. The van der Waals surface area contributed by atoms with Crippen LogP contribution in [0.4, 0.5) is 14.5 Å². The van der Waals surface area contributed by atoms with E-state index in [0.29, 0.717) is 35.6 Å². The van der Waals surface area contributed by atoms with E-state index in [1.54, 1.807) is 16.7 Å². The Balaban J connectivity index is 0.000000212. The van der Waals surface area contributed by atoms with Crippen LogP contribution in [-0.4, -0.2) is 65.4 Å². The molecule has 10 heteroatoms. The van der Waals surface area contributed by atoms with Crippen LogP contribution in [0.15, 0.2) is 53.5 Å². The molecule has 1 N–H and O–H groups in total. The van der Waals surface area contributed by atoms with E-state index in [0.717, 1.165) is 24.5 Å². The summed E-state index contributed by atoms with van der Waals surface area (Å²) in [5.74, 6) is -1.97. The quantitative estimate of drug-likeness (QED) is 0.411. The van der Waals surface area contributed by atoms with Crippen molar-refractivity contribution in [3.05, 3.63) is 76.2 Å². The molecule has 8 nitrogen and oxygen atoms in total. The lowest BCUT2D eigenvalue weighted by Gasteiger charge is -2.37. The molecule has 2 aromatic heterocycles. The first-order valence-electron chi connectivity index (χ1n) is 12.0. The number of aromatic nitrogens is 2.